The van der Waals surface area contributed by atoms with Gasteiger partial charge in [-0.15, -0.1) is 0 Å². The Morgan fingerprint density at radius 1 is 1.53 bits per heavy atom. The number of carboxylic acid groups (broad SMARTS) is 1. The lowest BCUT2D eigenvalue weighted by Crippen LogP contribution is -2.30. The summed E-state index contributed by atoms with van der Waals surface area (Å²) in [5.41, 5.74) is -0.359. The molecule has 1 aromatic heterocycles. The van der Waals surface area contributed by atoms with Crippen molar-refractivity contribution in [1.82, 2.24) is 14.5 Å². The number of rotatable bonds is 6. The molecule has 3 N–H and O–H groups in total. The van der Waals surface area contributed by atoms with Crippen LogP contribution in [0.5, 0.6) is 0 Å². The van der Waals surface area contributed by atoms with Gasteiger partial charge in [0.05, 0.1) is 11.8 Å². The van der Waals surface area contributed by atoms with Gasteiger partial charge in [0.15, 0.2) is 5.69 Å². The number of carboxylic acids is 1. The molecule has 0 fully saturated rings. The molecule has 1 rings (SSSR count). The average Bonchev–Trinajstić information content (AvgIpc) is 2.68. The SMILES string of the molecule is Cc1[nH]nc(C(=O)O)c1S(=O)(=O)N(C)CCC(C)O. The first-order chi connectivity index (χ1) is 8.67. The third-order valence-electron chi connectivity index (χ3n) is 2.62. The number of nitrogens with one attached hydrogen (secondary N) is 1. The summed E-state index contributed by atoms with van der Waals surface area (Å²) in [7, 11) is -2.62. The van der Waals surface area contributed by atoms with Crippen LogP contribution in [0.2, 0.25) is 0 Å². The summed E-state index contributed by atoms with van der Waals surface area (Å²) in [6.45, 7) is 3.07. The van der Waals surface area contributed by atoms with E-state index in [1.54, 1.807) is 6.92 Å². The number of aromatic carboxylic acids is 1. The van der Waals surface area contributed by atoms with Gasteiger partial charge in [0.1, 0.15) is 4.90 Å². The molecule has 0 aliphatic heterocycles. The zero-order chi connectivity index (χ0) is 14.8. The van der Waals surface area contributed by atoms with E-state index in [9.17, 15) is 13.2 Å². The minimum Gasteiger partial charge on any atom is -0.476 e. The molecule has 1 heterocycles. The van der Waals surface area contributed by atoms with E-state index >= 15 is 0 Å². The Kier molecular flexibility index (Phi) is 4.66. The van der Waals surface area contributed by atoms with Gasteiger partial charge in [0.25, 0.3) is 0 Å². The molecule has 19 heavy (non-hydrogen) atoms. The van der Waals surface area contributed by atoms with Crippen molar-refractivity contribution in [2.45, 2.75) is 31.3 Å². The van der Waals surface area contributed by atoms with Gasteiger partial charge in [-0.25, -0.2) is 17.5 Å². The lowest BCUT2D eigenvalue weighted by molar-refractivity contribution is 0.0686. The van der Waals surface area contributed by atoms with Crippen molar-refractivity contribution in [3.05, 3.63) is 11.4 Å². The van der Waals surface area contributed by atoms with Crippen LogP contribution in [0.25, 0.3) is 0 Å². The van der Waals surface area contributed by atoms with E-state index in [0.717, 1.165) is 4.31 Å². The zero-order valence-corrected chi connectivity index (χ0v) is 11.7. The van der Waals surface area contributed by atoms with E-state index < -0.39 is 27.8 Å². The number of aliphatic hydroxyl groups excluding tert-OH is 1. The highest BCUT2D eigenvalue weighted by Gasteiger charge is 2.31. The third-order valence-corrected chi connectivity index (χ3v) is 4.64. The number of aliphatic hydroxyl groups is 1. The van der Waals surface area contributed by atoms with E-state index in [2.05, 4.69) is 10.2 Å². The van der Waals surface area contributed by atoms with Crippen molar-refractivity contribution in [3.63, 3.8) is 0 Å². The predicted molar refractivity (Wildman–Crippen MR) is 66.4 cm³/mol. The first kappa shape index (κ1) is 15.6. The van der Waals surface area contributed by atoms with Gasteiger partial charge in [-0.2, -0.15) is 5.10 Å². The summed E-state index contributed by atoms with van der Waals surface area (Å²) in [6.07, 6.45) is -0.378. The van der Waals surface area contributed by atoms with Gasteiger partial charge in [0.2, 0.25) is 10.0 Å². The molecule has 0 aliphatic carbocycles. The van der Waals surface area contributed by atoms with Crippen LogP contribution in [0.4, 0.5) is 0 Å². The Labute approximate surface area is 111 Å². The van der Waals surface area contributed by atoms with Crippen LogP contribution in [0, 0.1) is 6.92 Å². The smallest absolute Gasteiger partial charge is 0.357 e. The zero-order valence-electron chi connectivity index (χ0n) is 10.9. The largest absolute Gasteiger partial charge is 0.476 e. The molecule has 1 atom stereocenters. The van der Waals surface area contributed by atoms with Crippen LogP contribution in [0.3, 0.4) is 0 Å². The summed E-state index contributed by atoms with van der Waals surface area (Å²) in [5, 5.41) is 23.9. The highest BCUT2D eigenvalue weighted by molar-refractivity contribution is 7.89. The van der Waals surface area contributed by atoms with Gasteiger partial charge in [0, 0.05) is 13.6 Å². The van der Waals surface area contributed by atoms with Crippen LogP contribution in [-0.2, 0) is 10.0 Å². The van der Waals surface area contributed by atoms with Crippen LogP contribution in [0.15, 0.2) is 4.90 Å². The lowest BCUT2D eigenvalue weighted by atomic mass is 10.3. The molecule has 9 heteroatoms. The van der Waals surface area contributed by atoms with Crippen LogP contribution >= 0.6 is 0 Å². The van der Waals surface area contributed by atoms with Crippen molar-refractivity contribution < 1.29 is 23.4 Å². The summed E-state index contributed by atoms with van der Waals surface area (Å²) < 4.78 is 25.5. The predicted octanol–water partition coefficient (Wildman–Crippen LogP) is -0.192. The molecule has 0 radical (unpaired) electrons. The molecule has 8 nitrogen and oxygen atoms in total. The van der Waals surface area contributed by atoms with Gasteiger partial charge in [-0.3, -0.25) is 5.10 Å². The number of aromatic nitrogens is 2. The Hall–Kier alpha value is -1.45. The first-order valence-electron chi connectivity index (χ1n) is 5.60. The fraction of sp³-hybridized carbons (Fsp3) is 0.600. The minimum atomic E-state index is -3.95. The molecular formula is C10H17N3O5S. The van der Waals surface area contributed by atoms with Gasteiger partial charge in [-0.05, 0) is 20.3 Å². The number of aryl methyl sites for hydroxylation is 1. The molecule has 0 amide bonds. The molecule has 108 valence electrons. The van der Waals surface area contributed by atoms with Gasteiger partial charge in [-0.1, -0.05) is 0 Å². The Morgan fingerprint density at radius 3 is 2.58 bits per heavy atom. The van der Waals surface area contributed by atoms with Gasteiger partial charge >= 0.3 is 5.97 Å². The van der Waals surface area contributed by atoms with Gasteiger partial charge < -0.3 is 10.2 Å². The normalized spacial score (nSPS) is 13.7. The monoisotopic (exact) mass is 291 g/mol. The fourth-order valence-corrected chi connectivity index (χ4v) is 2.99. The van der Waals surface area contributed by atoms with E-state index in [0.29, 0.717) is 0 Å². The number of nitrogens with zero attached hydrogens (tertiary/aromatic N) is 2. The highest BCUT2D eigenvalue weighted by atomic mass is 32.2. The summed E-state index contributed by atoms with van der Waals surface area (Å²) in [4.78, 5) is 10.6. The van der Waals surface area contributed by atoms with Crippen LogP contribution in [0.1, 0.15) is 29.5 Å². The second-order valence-corrected chi connectivity index (χ2v) is 6.28. The maximum absolute atomic E-state index is 12.3. The molecule has 0 saturated carbocycles. The van der Waals surface area contributed by atoms with Crippen molar-refractivity contribution >= 4 is 16.0 Å². The molecule has 0 aliphatic rings. The maximum atomic E-state index is 12.3. The Balaban J connectivity index is 3.13. The van der Waals surface area contributed by atoms with E-state index in [1.807, 2.05) is 0 Å². The minimum absolute atomic E-state index is 0.0870. The standard InChI is InChI=1S/C10H17N3O5S/c1-6(14)4-5-13(3)19(17,18)9-7(2)11-12-8(9)10(15)16/h6,14H,4-5H2,1-3H3,(H,11,12)(H,15,16). The number of H-pyrrole nitrogens is 1. The van der Waals surface area contributed by atoms with E-state index in [-0.39, 0.29) is 23.6 Å². The highest BCUT2D eigenvalue weighted by Crippen LogP contribution is 2.21. The van der Waals surface area contributed by atoms with Crippen molar-refractivity contribution in [1.29, 1.82) is 0 Å². The lowest BCUT2D eigenvalue weighted by Gasteiger charge is -2.17. The van der Waals surface area contributed by atoms with Crippen molar-refractivity contribution in [2.75, 3.05) is 13.6 Å². The average molecular weight is 291 g/mol. The van der Waals surface area contributed by atoms with Crippen LogP contribution < -0.4 is 0 Å². The van der Waals surface area contributed by atoms with Crippen LogP contribution in [-0.4, -0.2) is 58.8 Å². The second kappa shape index (κ2) is 5.68. The molecule has 0 spiro atoms. The fourth-order valence-electron chi connectivity index (χ4n) is 1.52. The molecule has 1 unspecified atom stereocenters. The quantitative estimate of drug-likeness (QED) is 0.667. The number of sulfonamides is 1. The number of hydrogen-bond donors (Lipinski definition) is 3. The maximum Gasteiger partial charge on any atom is 0.357 e. The number of carbonyl (C=O) groups is 1. The Bertz CT molecular complexity index is 564. The first-order valence-corrected chi connectivity index (χ1v) is 7.04. The van der Waals surface area contributed by atoms with E-state index in [1.165, 1.54) is 14.0 Å². The molecular weight excluding hydrogens is 274 g/mol. The molecule has 0 aromatic carbocycles. The summed E-state index contributed by atoms with van der Waals surface area (Å²) in [5.74, 6) is -1.41. The third kappa shape index (κ3) is 3.31. The summed E-state index contributed by atoms with van der Waals surface area (Å²) in [6, 6.07) is 0. The Morgan fingerprint density at radius 2 is 2.11 bits per heavy atom. The second-order valence-electron chi connectivity index (χ2n) is 4.30. The molecule has 0 saturated heterocycles. The van der Waals surface area contributed by atoms with Crippen molar-refractivity contribution in [3.8, 4) is 0 Å². The topological polar surface area (TPSA) is 124 Å². The van der Waals surface area contributed by atoms with Crippen molar-refractivity contribution in [2.24, 2.45) is 0 Å². The van der Waals surface area contributed by atoms with E-state index in [4.69, 9.17) is 10.2 Å². The number of hydrogen-bond acceptors (Lipinski definition) is 5. The number of aromatic amines is 1. The summed E-state index contributed by atoms with van der Waals surface area (Å²) >= 11 is 0. The molecule has 1 aromatic rings. The molecule has 0 bridgehead atoms.